The molecule has 0 saturated heterocycles. The maximum atomic E-state index is 8.83. The van der Waals surface area contributed by atoms with Crippen molar-refractivity contribution < 1.29 is 5.11 Å². The summed E-state index contributed by atoms with van der Waals surface area (Å²) < 4.78 is 0. The van der Waals surface area contributed by atoms with Crippen molar-refractivity contribution in [2.24, 2.45) is 0 Å². The van der Waals surface area contributed by atoms with Crippen LogP contribution in [0.3, 0.4) is 0 Å². The molecule has 0 fully saturated rings. The predicted molar refractivity (Wildman–Crippen MR) is 59.6 cm³/mol. The molecule has 0 aromatic carbocycles. The number of aliphatic hydroxyl groups is 1. The fourth-order valence-electron chi connectivity index (χ4n) is 1.10. The molecule has 0 heterocycles. The fourth-order valence-corrected chi connectivity index (χ4v) is 1.10. The summed E-state index contributed by atoms with van der Waals surface area (Å²) in [5.41, 5.74) is 6.49. The molecular weight excluding hydrogens is 178 g/mol. The number of hydrogen-bond donors (Lipinski definition) is 3. The number of nitrogens with one attached hydrogen (secondary N) is 2. The molecule has 0 unspecified atom stereocenters. The molecule has 0 atom stereocenters. The summed E-state index contributed by atoms with van der Waals surface area (Å²) in [6.07, 6.45) is 4.71. The molecule has 4 heteroatoms. The van der Waals surface area contributed by atoms with Crippen LogP contribution in [-0.4, -0.2) is 36.5 Å². The van der Waals surface area contributed by atoms with E-state index in [9.17, 15) is 0 Å². The second-order valence-electron chi connectivity index (χ2n) is 3.40. The molecule has 0 aliphatic carbocycles. The third-order valence-corrected chi connectivity index (χ3v) is 1.99. The average Bonchev–Trinajstić information content (AvgIpc) is 2.18. The number of aliphatic hydroxyl groups excluding tert-OH is 1. The van der Waals surface area contributed by atoms with Gasteiger partial charge in [0.15, 0.2) is 0 Å². The van der Waals surface area contributed by atoms with Crippen LogP contribution in [0.4, 0.5) is 0 Å². The lowest BCUT2D eigenvalue weighted by atomic mass is 10.3. The highest BCUT2D eigenvalue weighted by atomic mass is 16.3. The Morgan fingerprint density at radius 1 is 1.00 bits per heavy atom. The first-order chi connectivity index (χ1) is 6.85. The lowest BCUT2D eigenvalue weighted by molar-refractivity contribution is 0.0849. The van der Waals surface area contributed by atoms with E-state index < -0.39 is 0 Å². The Balaban J connectivity index is 3.44. The van der Waals surface area contributed by atoms with Gasteiger partial charge in [0.05, 0.1) is 13.2 Å². The highest BCUT2D eigenvalue weighted by molar-refractivity contribution is 4.47. The van der Waals surface area contributed by atoms with E-state index in [1.165, 1.54) is 12.8 Å². The first-order valence-corrected chi connectivity index (χ1v) is 5.70. The van der Waals surface area contributed by atoms with Gasteiger partial charge in [-0.25, -0.2) is 10.9 Å². The van der Waals surface area contributed by atoms with Crippen molar-refractivity contribution >= 4 is 0 Å². The summed E-state index contributed by atoms with van der Waals surface area (Å²) in [6.45, 7) is 7.09. The lowest BCUT2D eigenvalue weighted by Gasteiger charge is -2.23. The Bertz CT molecular complexity index is 102. The van der Waals surface area contributed by atoms with Gasteiger partial charge < -0.3 is 5.11 Å². The van der Waals surface area contributed by atoms with Crippen LogP contribution in [-0.2, 0) is 0 Å². The second kappa shape index (κ2) is 10.9. The van der Waals surface area contributed by atoms with E-state index in [0.717, 1.165) is 25.9 Å². The molecule has 0 saturated carbocycles. The van der Waals surface area contributed by atoms with Crippen LogP contribution < -0.4 is 10.9 Å². The summed E-state index contributed by atoms with van der Waals surface area (Å²) >= 11 is 0. The van der Waals surface area contributed by atoms with Gasteiger partial charge >= 0.3 is 0 Å². The van der Waals surface area contributed by atoms with Gasteiger partial charge in [0.25, 0.3) is 0 Å². The zero-order valence-electron chi connectivity index (χ0n) is 9.55. The van der Waals surface area contributed by atoms with E-state index in [2.05, 4.69) is 24.7 Å². The fraction of sp³-hybridized carbons (Fsp3) is 1.00. The Kier molecular flexibility index (Phi) is 10.8. The number of unbranched alkanes of at least 4 members (excludes halogenated alkanes) is 2. The molecule has 14 heavy (non-hydrogen) atoms. The Morgan fingerprint density at radius 2 is 1.50 bits per heavy atom. The van der Waals surface area contributed by atoms with Crippen LogP contribution in [0.15, 0.2) is 0 Å². The van der Waals surface area contributed by atoms with Gasteiger partial charge in [-0.1, -0.05) is 26.7 Å². The second-order valence-corrected chi connectivity index (χ2v) is 3.40. The Hall–Kier alpha value is -0.160. The summed E-state index contributed by atoms with van der Waals surface area (Å²) in [6, 6.07) is 0. The standard InChI is InChI=1S/C10H25N3O/c1-3-5-7-11-13(9-10-14)12-8-6-4-2/h11-12,14H,3-10H2,1-2H3. The predicted octanol–water partition coefficient (Wildman–Crippen LogP) is 0.890. The number of hydrazine groups is 2. The summed E-state index contributed by atoms with van der Waals surface area (Å²) in [5.74, 6) is 0. The van der Waals surface area contributed by atoms with Gasteiger partial charge in [0.1, 0.15) is 0 Å². The van der Waals surface area contributed by atoms with Crippen molar-refractivity contribution in [3.8, 4) is 0 Å². The van der Waals surface area contributed by atoms with Gasteiger partial charge in [-0.2, -0.15) is 5.12 Å². The third kappa shape index (κ3) is 8.44. The van der Waals surface area contributed by atoms with Crippen molar-refractivity contribution in [3.63, 3.8) is 0 Å². The molecule has 0 bridgehead atoms. The van der Waals surface area contributed by atoms with E-state index in [1.807, 2.05) is 5.12 Å². The number of rotatable bonds is 10. The maximum absolute atomic E-state index is 8.83. The molecular formula is C10H25N3O. The van der Waals surface area contributed by atoms with Gasteiger partial charge in [-0.05, 0) is 12.8 Å². The topological polar surface area (TPSA) is 47.5 Å². The van der Waals surface area contributed by atoms with Crippen molar-refractivity contribution in [2.45, 2.75) is 39.5 Å². The van der Waals surface area contributed by atoms with E-state index in [-0.39, 0.29) is 6.61 Å². The third-order valence-electron chi connectivity index (χ3n) is 1.99. The van der Waals surface area contributed by atoms with Crippen molar-refractivity contribution in [2.75, 3.05) is 26.2 Å². The van der Waals surface area contributed by atoms with E-state index in [4.69, 9.17) is 5.11 Å². The lowest BCUT2D eigenvalue weighted by Crippen LogP contribution is -2.50. The van der Waals surface area contributed by atoms with Gasteiger partial charge in [0.2, 0.25) is 0 Å². The average molecular weight is 203 g/mol. The van der Waals surface area contributed by atoms with Gasteiger partial charge in [0, 0.05) is 13.1 Å². The SMILES string of the molecule is CCCCNN(CCO)NCCCC. The summed E-state index contributed by atoms with van der Waals surface area (Å²) in [5, 5.41) is 10.7. The van der Waals surface area contributed by atoms with Crippen LogP contribution in [0.2, 0.25) is 0 Å². The molecule has 4 nitrogen and oxygen atoms in total. The minimum Gasteiger partial charge on any atom is -0.395 e. The van der Waals surface area contributed by atoms with Crippen LogP contribution in [0.1, 0.15) is 39.5 Å². The zero-order chi connectivity index (χ0) is 10.6. The van der Waals surface area contributed by atoms with Gasteiger partial charge in [-0.3, -0.25) is 0 Å². The number of hydrogen-bond acceptors (Lipinski definition) is 4. The molecule has 0 aliphatic rings. The van der Waals surface area contributed by atoms with Gasteiger partial charge in [-0.15, -0.1) is 0 Å². The van der Waals surface area contributed by atoms with Crippen molar-refractivity contribution in [1.29, 1.82) is 0 Å². The monoisotopic (exact) mass is 203 g/mol. The Labute approximate surface area is 87.6 Å². The molecule has 0 aliphatic heterocycles. The normalized spacial score (nSPS) is 11.1. The molecule has 0 aromatic rings. The van der Waals surface area contributed by atoms with Crippen LogP contribution in [0.25, 0.3) is 0 Å². The smallest absolute Gasteiger partial charge is 0.0587 e. The van der Waals surface area contributed by atoms with E-state index >= 15 is 0 Å². The molecule has 0 spiro atoms. The van der Waals surface area contributed by atoms with Crippen LogP contribution in [0.5, 0.6) is 0 Å². The number of nitrogens with zero attached hydrogens (tertiary/aromatic N) is 1. The molecule has 0 aromatic heterocycles. The van der Waals surface area contributed by atoms with Crippen LogP contribution >= 0.6 is 0 Å². The largest absolute Gasteiger partial charge is 0.395 e. The highest BCUT2D eigenvalue weighted by Crippen LogP contribution is 1.86. The summed E-state index contributed by atoms with van der Waals surface area (Å²) in [4.78, 5) is 0. The van der Waals surface area contributed by atoms with Crippen LogP contribution in [0, 0.1) is 0 Å². The maximum Gasteiger partial charge on any atom is 0.0587 e. The molecule has 0 radical (unpaired) electrons. The van der Waals surface area contributed by atoms with Crippen molar-refractivity contribution in [1.82, 2.24) is 16.0 Å². The molecule has 0 rings (SSSR count). The quantitative estimate of drug-likeness (QED) is 0.364. The minimum absolute atomic E-state index is 0.179. The Morgan fingerprint density at radius 3 is 1.86 bits per heavy atom. The minimum atomic E-state index is 0.179. The van der Waals surface area contributed by atoms with E-state index in [1.54, 1.807) is 0 Å². The first kappa shape index (κ1) is 13.8. The van der Waals surface area contributed by atoms with E-state index in [0.29, 0.717) is 6.54 Å². The van der Waals surface area contributed by atoms with Crippen molar-refractivity contribution in [3.05, 3.63) is 0 Å². The highest BCUT2D eigenvalue weighted by Gasteiger charge is 2.00. The summed E-state index contributed by atoms with van der Waals surface area (Å²) in [7, 11) is 0. The molecule has 0 amide bonds. The molecule has 86 valence electrons. The zero-order valence-corrected chi connectivity index (χ0v) is 9.55. The first-order valence-electron chi connectivity index (χ1n) is 5.70. The molecule has 3 N–H and O–H groups in total.